The molecule has 144 valence electrons. The van der Waals surface area contributed by atoms with Gasteiger partial charge in [-0.2, -0.15) is 13.8 Å². The van der Waals surface area contributed by atoms with Crippen molar-refractivity contribution in [3.05, 3.63) is 36.2 Å². The van der Waals surface area contributed by atoms with Gasteiger partial charge in [-0.3, -0.25) is 9.55 Å². The first kappa shape index (κ1) is 19.2. The number of methoxy groups -OCH3 is 2. The number of hydrogen-bond acceptors (Lipinski definition) is 6. The molecular formula is C17H17F2N3O4S. The molecule has 0 amide bonds. The summed E-state index contributed by atoms with van der Waals surface area (Å²) in [6.45, 7) is -2.92. The van der Waals surface area contributed by atoms with Crippen LogP contribution in [0.4, 0.5) is 8.78 Å². The van der Waals surface area contributed by atoms with E-state index in [9.17, 15) is 13.3 Å². The standard InChI is InChI=1S/C17H17F2N3O4S/c1-22-13-5-4-10(26-16(18)19)8-11(13)21-17(22)27(23)9-12-15(25-3)14(24-2)6-7-20-12/h4-8,16H,9H2,1-3H3. The zero-order chi connectivity index (χ0) is 19.6. The van der Waals surface area contributed by atoms with Gasteiger partial charge in [0.2, 0.25) is 0 Å². The number of benzene rings is 1. The van der Waals surface area contributed by atoms with Gasteiger partial charge >= 0.3 is 11.8 Å². The maximum absolute atomic E-state index is 12.9. The molecule has 27 heavy (non-hydrogen) atoms. The Morgan fingerprint density at radius 3 is 2.67 bits per heavy atom. The molecule has 3 aromatic rings. The summed E-state index contributed by atoms with van der Waals surface area (Å²) in [7, 11) is 4.68. The molecule has 2 heterocycles. The van der Waals surface area contributed by atoms with Crippen LogP contribution in [0.2, 0.25) is 0 Å². The number of halogens is 2. The van der Waals surface area contributed by atoms with Crippen molar-refractivity contribution in [2.75, 3.05) is 14.2 Å². The van der Waals surface area contributed by atoms with Crippen molar-refractivity contribution in [3.63, 3.8) is 0 Å². The second-order valence-corrected chi connectivity index (χ2v) is 6.81. The number of fused-ring (bicyclic) bond motifs is 1. The zero-order valence-electron chi connectivity index (χ0n) is 14.8. The summed E-state index contributed by atoms with van der Waals surface area (Å²) in [6, 6.07) is 6.03. The third-order valence-electron chi connectivity index (χ3n) is 3.87. The molecule has 0 radical (unpaired) electrons. The summed E-state index contributed by atoms with van der Waals surface area (Å²) in [4.78, 5) is 8.53. The number of aryl methyl sites for hydroxylation is 1. The van der Waals surface area contributed by atoms with E-state index in [1.165, 1.54) is 32.5 Å². The number of aromatic nitrogens is 3. The lowest BCUT2D eigenvalue weighted by molar-refractivity contribution is -0.0497. The van der Waals surface area contributed by atoms with Crippen LogP contribution in [0.3, 0.4) is 0 Å². The van der Waals surface area contributed by atoms with Crippen molar-refractivity contribution < 1.29 is 27.5 Å². The molecule has 1 atom stereocenters. The monoisotopic (exact) mass is 397 g/mol. The number of alkyl halides is 2. The SMILES string of the molecule is COc1ccnc(C[S+]([O-])c2nc3cc(OC(F)F)ccc3n2C)c1OC. The highest BCUT2D eigenvalue weighted by Gasteiger charge is 2.24. The largest absolute Gasteiger partial charge is 0.609 e. The Kier molecular flexibility index (Phi) is 5.66. The van der Waals surface area contributed by atoms with Gasteiger partial charge in [-0.05, 0) is 12.1 Å². The molecule has 2 aromatic heterocycles. The number of hydrogen-bond donors (Lipinski definition) is 0. The van der Waals surface area contributed by atoms with Crippen LogP contribution >= 0.6 is 0 Å². The van der Waals surface area contributed by atoms with Crippen molar-refractivity contribution >= 4 is 22.2 Å². The van der Waals surface area contributed by atoms with Gasteiger partial charge in [0.25, 0.3) is 0 Å². The molecule has 0 aliphatic carbocycles. The first-order chi connectivity index (χ1) is 12.9. The van der Waals surface area contributed by atoms with Crippen molar-refractivity contribution in [1.82, 2.24) is 14.5 Å². The molecule has 0 aliphatic rings. The minimum Gasteiger partial charge on any atom is -0.609 e. The van der Waals surface area contributed by atoms with E-state index in [-0.39, 0.29) is 16.7 Å². The lowest BCUT2D eigenvalue weighted by atomic mass is 10.3. The number of ether oxygens (including phenoxy) is 3. The first-order valence-corrected chi connectivity index (χ1v) is 9.12. The zero-order valence-corrected chi connectivity index (χ0v) is 15.6. The van der Waals surface area contributed by atoms with Crippen molar-refractivity contribution in [1.29, 1.82) is 0 Å². The Morgan fingerprint density at radius 1 is 1.22 bits per heavy atom. The lowest BCUT2D eigenvalue weighted by Crippen LogP contribution is -2.13. The molecule has 10 heteroatoms. The minimum atomic E-state index is -2.92. The molecule has 1 unspecified atom stereocenters. The summed E-state index contributed by atoms with van der Waals surface area (Å²) in [5.74, 6) is 0.930. The molecule has 0 bridgehead atoms. The van der Waals surface area contributed by atoms with Crippen LogP contribution in [-0.2, 0) is 24.0 Å². The first-order valence-electron chi connectivity index (χ1n) is 7.80. The second kappa shape index (κ2) is 7.97. The minimum absolute atomic E-state index is 0.0101. The van der Waals surface area contributed by atoms with E-state index in [4.69, 9.17) is 9.47 Å². The summed E-state index contributed by atoms with van der Waals surface area (Å²) in [6.07, 6.45) is 1.54. The van der Waals surface area contributed by atoms with Crippen molar-refractivity contribution in [2.24, 2.45) is 7.05 Å². The highest BCUT2D eigenvalue weighted by Crippen LogP contribution is 2.32. The fraction of sp³-hybridized carbons (Fsp3) is 0.294. The average molecular weight is 397 g/mol. The summed E-state index contributed by atoms with van der Waals surface area (Å²) in [5.41, 5.74) is 1.51. The van der Waals surface area contributed by atoms with E-state index in [1.807, 2.05) is 0 Å². The number of rotatable bonds is 7. The predicted molar refractivity (Wildman–Crippen MR) is 94.8 cm³/mol. The van der Waals surface area contributed by atoms with Gasteiger partial charge in [0.15, 0.2) is 17.3 Å². The summed E-state index contributed by atoms with van der Waals surface area (Å²) in [5, 5.41) is 0.283. The van der Waals surface area contributed by atoms with E-state index >= 15 is 0 Å². The van der Waals surface area contributed by atoms with Crippen LogP contribution < -0.4 is 14.2 Å². The van der Waals surface area contributed by atoms with Crippen LogP contribution in [0.25, 0.3) is 11.0 Å². The Hall–Kier alpha value is -2.59. The van der Waals surface area contributed by atoms with Crippen LogP contribution in [0, 0.1) is 0 Å². The number of nitrogens with zero attached hydrogens (tertiary/aromatic N) is 3. The third-order valence-corrected chi connectivity index (χ3v) is 5.18. The molecule has 0 fully saturated rings. The Balaban J connectivity index is 1.92. The van der Waals surface area contributed by atoms with Gasteiger partial charge in [0.1, 0.15) is 11.4 Å². The van der Waals surface area contributed by atoms with E-state index in [0.717, 1.165) is 0 Å². The van der Waals surface area contributed by atoms with Gasteiger partial charge in [-0.25, -0.2) is 0 Å². The Labute approximate surface area is 157 Å². The molecule has 0 saturated carbocycles. The second-order valence-electron chi connectivity index (χ2n) is 5.47. The molecule has 0 spiro atoms. The smallest absolute Gasteiger partial charge is 0.387 e. The quantitative estimate of drug-likeness (QED) is 0.570. The molecule has 0 aliphatic heterocycles. The van der Waals surface area contributed by atoms with Crippen LogP contribution in [0.1, 0.15) is 5.69 Å². The molecule has 0 saturated heterocycles. The topological polar surface area (TPSA) is 81.5 Å². The molecular weight excluding hydrogens is 380 g/mol. The summed E-state index contributed by atoms with van der Waals surface area (Å²) >= 11 is -1.55. The average Bonchev–Trinajstić information content (AvgIpc) is 2.97. The summed E-state index contributed by atoms with van der Waals surface area (Å²) < 4.78 is 54.2. The normalized spacial score (nSPS) is 12.4. The molecule has 1 aromatic carbocycles. The molecule has 7 nitrogen and oxygen atoms in total. The molecule has 3 rings (SSSR count). The highest BCUT2D eigenvalue weighted by atomic mass is 32.2. The lowest BCUT2D eigenvalue weighted by Gasteiger charge is -2.13. The Bertz CT molecular complexity index is 951. The highest BCUT2D eigenvalue weighted by molar-refractivity contribution is 7.90. The van der Waals surface area contributed by atoms with Crippen LogP contribution in [0.15, 0.2) is 35.6 Å². The van der Waals surface area contributed by atoms with E-state index < -0.39 is 17.8 Å². The van der Waals surface area contributed by atoms with Gasteiger partial charge in [0, 0.05) is 36.6 Å². The fourth-order valence-corrected chi connectivity index (χ4v) is 3.87. The Morgan fingerprint density at radius 2 is 2.00 bits per heavy atom. The van der Waals surface area contributed by atoms with Crippen molar-refractivity contribution in [3.8, 4) is 17.2 Å². The maximum Gasteiger partial charge on any atom is 0.387 e. The maximum atomic E-state index is 12.9. The van der Waals surface area contributed by atoms with E-state index in [2.05, 4.69) is 14.7 Å². The van der Waals surface area contributed by atoms with Crippen molar-refractivity contribution in [2.45, 2.75) is 17.5 Å². The van der Waals surface area contributed by atoms with Gasteiger partial charge < -0.3 is 18.8 Å². The van der Waals surface area contributed by atoms with Gasteiger partial charge in [-0.15, -0.1) is 0 Å². The van der Waals surface area contributed by atoms with E-state index in [0.29, 0.717) is 28.2 Å². The number of pyridine rings is 1. The van der Waals surface area contributed by atoms with Gasteiger partial charge in [0.05, 0.1) is 25.3 Å². The number of imidazole rings is 1. The van der Waals surface area contributed by atoms with E-state index in [1.54, 1.807) is 23.7 Å². The fourth-order valence-electron chi connectivity index (χ4n) is 2.68. The van der Waals surface area contributed by atoms with Crippen LogP contribution in [0.5, 0.6) is 17.2 Å². The predicted octanol–water partition coefficient (Wildman–Crippen LogP) is 2.89. The van der Waals surface area contributed by atoms with Gasteiger partial charge in [-0.1, -0.05) is 0 Å². The molecule has 0 N–H and O–H groups in total. The third kappa shape index (κ3) is 3.91. The van der Waals surface area contributed by atoms with Crippen LogP contribution in [-0.4, -0.2) is 39.9 Å².